The van der Waals surface area contributed by atoms with Crippen molar-refractivity contribution < 1.29 is 14.3 Å². The molecule has 0 saturated heterocycles. The maximum absolute atomic E-state index is 12.7. The van der Waals surface area contributed by atoms with Crippen LogP contribution in [-0.4, -0.2) is 22.8 Å². The second-order valence-corrected chi connectivity index (χ2v) is 5.23. The number of nitrogens with zero attached hydrogens (tertiary/aromatic N) is 1. The first kappa shape index (κ1) is 14.1. The predicted octanol–water partition coefficient (Wildman–Crippen LogP) is 2.22. The standard InChI is InChI=1S/C17H16N2O3/c1-11-16(20)19(10-12-5-4-6-13(18)9-12)17(21)14-7-2-3-8-15(14)22-11/h2-9,11H,10,18H2,1H3. The highest BCUT2D eigenvalue weighted by Crippen LogP contribution is 2.26. The van der Waals surface area contributed by atoms with E-state index in [1.54, 1.807) is 49.4 Å². The van der Waals surface area contributed by atoms with Crippen LogP contribution in [-0.2, 0) is 11.3 Å². The van der Waals surface area contributed by atoms with Crippen LogP contribution in [0.15, 0.2) is 48.5 Å². The third kappa shape index (κ3) is 2.53. The van der Waals surface area contributed by atoms with Gasteiger partial charge in [0.2, 0.25) is 0 Å². The second kappa shape index (κ2) is 5.52. The summed E-state index contributed by atoms with van der Waals surface area (Å²) in [7, 11) is 0. The Morgan fingerprint density at radius 3 is 2.68 bits per heavy atom. The third-order valence-electron chi connectivity index (χ3n) is 3.57. The van der Waals surface area contributed by atoms with E-state index in [0.717, 1.165) is 5.56 Å². The van der Waals surface area contributed by atoms with Crippen molar-refractivity contribution in [1.29, 1.82) is 0 Å². The number of amides is 2. The molecule has 2 aromatic rings. The molecule has 2 N–H and O–H groups in total. The van der Waals surface area contributed by atoms with Gasteiger partial charge in [-0.2, -0.15) is 0 Å². The molecule has 0 radical (unpaired) electrons. The predicted molar refractivity (Wildman–Crippen MR) is 82.3 cm³/mol. The topological polar surface area (TPSA) is 72.6 Å². The summed E-state index contributed by atoms with van der Waals surface area (Å²) in [6.45, 7) is 1.81. The third-order valence-corrected chi connectivity index (χ3v) is 3.57. The second-order valence-electron chi connectivity index (χ2n) is 5.23. The maximum atomic E-state index is 12.7. The van der Waals surface area contributed by atoms with E-state index in [2.05, 4.69) is 0 Å². The summed E-state index contributed by atoms with van der Waals surface area (Å²) in [6.07, 6.45) is -0.714. The highest BCUT2D eigenvalue weighted by atomic mass is 16.5. The average Bonchev–Trinajstić information content (AvgIpc) is 2.59. The minimum Gasteiger partial charge on any atom is -0.480 e. The molecule has 1 unspecified atom stereocenters. The van der Waals surface area contributed by atoms with Crippen molar-refractivity contribution in [1.82, 2.24) is 4.90 Å². The van der Waals surface area contributed by atoms with Gasteiger partial charge in [-0.1, -0.05) is 24.3 Å². The fraction of sp³-hybridized carbons (Fsp3) is 0.176. The number of fused-ring (bicyclic) bond motifs is 1. The number of anilines is 1. The Balaban J connectivity index is 1.98. The van der Waals surface area contributed by atoms with Crippen LogP contribution in [0.2, 0.25) is 0 Å². The Hall–Kier alpha value is -2.82. The van der Waals surface area contributed by atoms with Gasteiger partial charge in [0.15, 0.2) is 6.10 Å². The molecule has 0 spiro atoms. The molecule has 2 amide bonds. The molecule has 1 atom stereocenters. The van der Waals surface area contributed by atoms with Gasteiger partial charge in [0.1, 0.15) is 5.75 Å². The van der Waals surface area contributed by atoms with Gasteiger partial charge in [-0.3, -0.25) is 14.5 Å². The number of carbonyl (C=O) groups is 2. The molecule has 1 heterocycles. The fourth-order valence-corrected chi connectivity index (χ4v) is 2.48. The first-order valence-corrected chi connectivity index (χ1v) is 7.02. The summed E-state index contributed by atoms with van der Waals surface area (Å²) in [6, 6.07) is 14.0. The molecule has 3 rings (SSSR count). The summed E-state index contributed by atoms with van der Waals surface area (Å²) in [4.78, 5) is 26.4. The van der Waals surface area contributed by atoms with Crippen molar-refractivity contribution in [3.05, 3.63) is 59.7 Å². The number of nitrogen functional groups attached to an aromatic ring is 1. The minimum atomic E-state index is -0.714. The van der Waals surface area contributed by atoms with Crippen molar-refractivity contribution in [2.24, 2.45) is 0 Å². The van der Waals surface area contributed by atoms with Gasteiger partial charge in [0.05, 0.1) is 12.1 Å². The molecule has 1 aliphatic rings. The van der Waals surface area contributed by atoms with E-state index in [9.17, 15) is 9.59 Å². The highest BCUT2D eigenvalue weighted by Gasteiger charge is 2.33. The number of hydrogen-bond acceptors (Lipinski definition) is 4. The van der Waals surface area contributed by atoms with Crippen LogP contribution in [0.3, 0.4) is 0 Å². The molecule has 0 fully saturated rings. The Labute approximate surface area is 128 Å². The van der Waals surface area contributed by atoms with E-state index in [4.69, 9.17) is 10.5 Å². The molecule has 112 valence electrons. The largest absolute Gasteiger partial charge is 0.480 e. The normalized spacial score (nSPS) is 17.7. The first-order valence-electron chi connectivity index (χ1n) is 7.02. The van der Waals surface area contributed by atoms with Crippen molar-refractivity contribution in [2.75, 3.05) is 5.73 Å². The molecule has 2 aromatic carbocycles. The monoisotopic (exact) mass is 296 g/mol. The van der Waals surface area contributed by atoms with Crippen LogP contribution in [0.4, 0.5) is 5.69 Å². The zero-order valence-electron chi connectivity index (χ0n) is 12.2. The van der Waals surface area contributed by atoms with Crippen molar-refractivity contribution in [2.45, 2.75) is 19.6 Å². The molecule has 5 nitrogen and oxygen atoms in total. The number of hydrogen-bond donors (Lipinski definition) is 1. The number of ether oxygens (including phenoxy) is 1. The Kier molecular flexibility index (Phi) is 3.55. The Bertz CT molecular complexity index is 742. The summed E-state index contributed by atoms with van der Waals surface area (Å²) >= 11 is 0. The molecular formula is C17H16N2O3. The minimum absolute atomic E-state index is 0.171. The smallest absolute Gasteiger partial charge is 0.270 e. The van der Waals surface area contributed by atoms with E-state index in [1.165, 1.54) is 4.90 Å². The SMILES string of the molecule is CC1Oc2ccccc2C(=O)N(Cc2cccc(N)c2)C1=O. The quantitative estimate of drug-likeness (QED) is 0.681. The molecule has 0 aromatic heterocycles. The van der Waals surface area contributed by atoms with Gasteiger partial charge in [-0.15, -0.1) is 0 Å². The number of imide groups is 1. The number of carbonyl (C=O) groups excluding carboxylic acids is 2. The van der Waals surface area contributed by atoms with Crippen LogP contribution in [0, 0.1) is 0 Å². The number of rotatable bonds is 2. The van der Waals surface area contributed by atoms with Crippen LogP contribution in [0.5, 0.6) is 5.75 Å². The van der Waals surface area contributed by atoms with Crippen molar-refractivity contribution >= 4 is 17.5 Å². The van der Waals surface area contributed by atoms with Crippen LogP contribution >= 0.6 is 0 Å². The van der Waals surface area contributed by atoms with Gasteiger partial charge in [0, 0.05) is 5.69 Å². The molecule has 22 heavy (non-hydrogen) atoms. The van der Waals surface area contributed by atoms with Gasteiger partial charge in [0.25, 0.3) is 11.8 Å². The van der Waals surface area contributed by atoms with Gasteiger partial charge >= 0.3 is 0 Å². The van der Waals surface area contributed by atoms with Crippen LogP contribution < -0.4 is 10.5 Å². The van der Waals surface area contributed by atoms with E-state index in [0.29, 0.717) is 17.0 Å². The van der Waals surface area contributed by atoms with Gasteiger partial charge in [-0.25, -0.2) is 0 Å². The summed E-state index contributed by atoms with van der Waals surface area (Å²) < 4.78 is 5.59. The molecule has 0 bridgehead atoms. The molecular weight excluding hydrogens is 280 g/mol. The lowest BCUT2D eigenvalue weighted by Crippen LogP contribution is -2.41. The molecule has 5 heteroatoms. The Morgan fingerprint density at radius 2 is 1.91 bits per heavy atom. The lowest BCUT2D eigenvalue weighted by atomic mass is 10.1. The average molecular weight is 296 g/mol. The first-order chi connectivity index (χ1) is 10.6. The summed E-state index contributed by atoms with van der Waals surface area (Å²) in [5.74, 6) is -0.278. The zero-order chi connectivity index (χ0) is 15.7. The zero-order valence-corrected chi connectivity index (χ0v) is 12.2. The van der Waals surface area contributed by atoms with E-state index in [-0.39, 0.29) is 18.4 Å². The highest BCUT2D eigenvalue weighted by molar-refractivity contribution is 6.08. The van der Waals surface area contributed by atoms with Gasteiger partial charge < -0.3 is 10.5 Å². The van der Waals surface area contributed by atoms with Crippen LogP contribution in [0.25, 0.3) is 0 Å². The van der Waals surface area contributed by atoms with Gasteiger partial charge in [-0.05, 0) is 36.8 Å². The van der Waals surface area contributed by atoms with Crippen molar-refractivity contribution in [3.8, 4) is 5.75 Å². The fourth-order valence-electron chi connectivity index (χ4n) is 2.48. The van der Waals surface area contributed by atoms with Crippen molar-refractivity contribution in [3.63, 3.8) is 0 Å². The lowest BCUT2D eigenvalue weighted by molar-refractivity contribution is -0.135. The number of benzene rings is 2. The number of nitrogens with two attached hydrogens (primary N) is 1. The molecule has 1 aliphatic heterocycles. The molecule has 0 aliphatic carbocycles. The lowest BCUT2D eigenvalue weighted by Gasteiger charge is -2.20. The molecule has 0 saturated carbocycles. The van der Waals surface area contributed by atoms with E-state index < -0.39 is 6.10 Å². The summed E-state index contributed by atoms with van der Waals surface area (Å²) in [5.41, 5.74) is 7.54. The van der Waals surface area contributed by atoms with Crippen LogP contribution in [0.1, 0.15) is 22.8 Å². The van der Waals surface area contributed by atoms with E-state index >= 15 is 0 Å². The van der Waals surface area contributed by atoms with E-state index in [1.807, 2.05) is 6.07 Å². The Morgan fingerprint density at radius 1 is 1.14 bits per heavy atom. The maximum Gasteiger partial charge on any atom is 0.270 e. The number of para-hydroxylation sites is 1. The summed E-state index contributed by atoms with van der Waals surface area (Å²) in [5, 5.41) is 0.